The molecule has 12 heavy (non-hydrogen) atoms. The van der Waals surface area contributed by atoms with Crippen LogP contribution in [-0.2, 0) is 4.79 Å². The molecule has 1 amide bonds. The average molecular weight is 164 g/mol. The molecule has 1 rings (SSSR count). The third-order valence-electron chi connectivity index (χ3n) is 2.66. The van der Waals surface area contributed by atoms with Crippen molar-refractivity contribution in [1.29, 1.82) is 0 Å². The maximum Gasteiger partial charge on any atom is 0.208 e. The van der Waals surface area contributed by atoms with Crippen LogP contribution in [0.25, 0.3) is 0 Å². The number of carbonyl (C=O) groups is 1. The maximum atomic E-state index is 10.3. The fraction of sp³-hybridized carbons (Fsp3) is 0.500. The maximum absolute atomic E-state index is 10.3. The minimum Gasteiger partial charge on any atom is -0.346 e. The Morgan fingerprint density at radius 1 is 1.42 bits per heavy atom. The molecule has 0 spiro atoms. The van der Waals surface area contributed by atoms with Gasteiger partial charge in [0.15, 0.2) is 0 Å². The van der Waals surface area contributed by atoms with Gasteiger partial charge in [-0.25, -0.2) is 0 Å². The molecule has 0 aliphatic heterocycles. The van der Waals surface area contributed by atoms with Crippen molar-refractivity contribution in [3.63, 3.8) is 0 Å². The van der Waals surface area contributed by atoms with Crippen molar-refractivity contribution in [3.8, 4) is 0 Å². The van der Waals surface area contributed by atoms with Crippen LogP contribution in [0.15, 0.2) is 16.7 Å². The average Bonchev–Trinajstić information content (AvgIpc) is 2.17. The van der Waals surface area contributed by atoms with Gasteiger partial charge in [0.2, 0.25) is 6.41 Å². The Kier molecular flexibility index (Phi) is 2.09. The summed E-state index contributed by atoms with van der Waals surface area (Å²) in [6.45, 7) is 8.04. The zero-order valence-electron chi connectivity index (χ0n) is 7.99. The molecule has 1 aliphatic carbocycles. The molecular weight excluding hydrogens is 150 g/mol. The lowest BCUT2D eigenvalue weighted by Gasteiger charge is -2.22. The lowest BCUT2D eigenvalue weighted by atomic mass is 9.96. The lowest BCUT2D eigenvalue weighted by molar-refractivity contribution is -0.110. The summed E-state index contributed by atoms with van der Waals surface area (Å²) >= 11 is 0. The molecule has 1 atom stereocenters. The van der Waals surface area contributed by atoms with Gasteiger partial charge in [-0.05, 0) is 50.5 Å². The third-order valence-corrected chi connectivity index (χ3v) is 2.66. The van der Waals surface area contributed by atoms with Gasteiger partial charge in [-0.1, -0.05) is 0 Å². The Morgan fingerprint density at radius 2 is 2.00 bits per heavy atom. The highest BCUT2D eigenvalue weighted by Crippen LogP contribution is 2.32. The first-order valence-corrected chi connectivity index (χ1v) is 4.02. The number of rotatable bonds is 2. The van der Waals surface area contributed by atoms with Crippen LogP contribution < -0.4 is 5.32 Å². The Balaban J connectivity index is 3.05. The van der Waals surface area contributed by atoms with Gasteiger partial charge in [0.1, 0.15) is 0 Å². The summed E-state index contributed by atoms with van der Waals surface area (Å²) < 4.78 is 0. The zero-order valence-corrected chi connectivity index (χ0v) is 7.99. The molecule has 0 saturated heterocycles. The van der Waals surface area contributed by atoms with Gasteiger partial charge >= 0.3 is 0 Å². The SMILES string of the molecule is CC1=[C]C(C)(NC=O)C(C)=C1C. The van der Waals surface area contributed by atoms with Gasteiger partial charge in [-0.2, -0.15) is 0 Å². The van der Waals surface area contributed by atoms with Crippen LogP contribution >= 0.6 is 0 Å². The highest BCUT2D eigenvalue weighted by Gasteiger charge is 2.30. The molecule has 1 radical (unpaired) electrons. The predicted molar refractivity (Wildman–Crippen MR) is 48.4 cm³/mol. The summed E-state index contributed by atoms with van der Waals surface area (Å²) in [6, 6.07) is 0. The first kappa shape index (κ1) is 9.04. The van der Waals surface area contributed by atoms with E-state index in [0.29, 0.717) is 0 Å². The Hall–Kier alpha value is -1.05. The second-order valence-electron chi connectivity index (χ2n) is 3.39. The molecule has 0 aromatic carbocycles. The fourth-order valence-electron chi connectivity index (χ4n) is 1.48. The van der Waals surface area contributed by atoms with Crippen LogP contribution in [0.1, 0.15) is 27.7 Å². The largest absolute Gasteiger partial charge is 0.346 e. The quantitative estimate of drug-likeness (QED) is 0.617. The smallest absolute Gasteiger partial charge is 0.208 e. The molecule has 0 bridgehead atoms. The summed E-state index contributed by atoms with van der Waals surface area (Å²) in [5, 5.41) is 2.76. The number of nitrogens with one attached hydrogen (secondary N) is 1. The molecule has 2 nitrogen and oxygen atoms in total. The number of allylic oxidation sites excluding steroid dienone is 2. The van der Waals surface area contributed by atoms with Crippen molar-refractivity contribution in [1.82, 2.24) is 5.32 Å². The molecule has 0 saturated carbocycles. The van der Waals surface area contributed by atoms with Crippen LogP contribution in [0.3, 0.4) is 0 Å². The van der Waals surface area contributed by atoms with E-state index in [1.807, 2.05) is 20.8 Å². The summed E-state index contributed by atoms with van der Waals surface area (Å²) in [7, 11) is 0. The second kappa shape index (κ2) is 2.77. The normalized spacial score (nSPS) is 28.8. The van der Waals surface area contributed by atoms with E-state index in [1.165, 1.54) is 11.1 Å². The van der Waals surface area contributed by atoms with Crippen LogP contribution in [0.5, 0.6) is 0 Å². The van der Waals surface area contributed by atoms with Crippen molar-refractivity contribution in [2.24, 2.45) is 0 Å². The van der Waals surface area contributed by atoms with Crippen molar-refractivity contribution in [2.45, 2.75) is 33.2 Å². The first-order valence-electron chi connectivity index (χ1n) is 4.02. The Morgan fingerprint density at radius 3 is 2.33 bits per heavy atom. The molecule has 0 aromatic rings. The number of amides is 1. The van der Waals surface area contributed by atoms with Crippen molar-refractivity contribution in [3.05, 3.63) is 22.8 Å². The van der Waals surface area contributed by atoms with E-state index < -0.39 is 0 Å². The van der Waals surface area contributed by atoms with E-state index in [2.05, 4.69) is 18.3 Å². The van der Waals surface area contributed by atoms with Crippen molar-refractivity contribution >= 4 is 6.41 Å². The van der Waals surface area contributed by atoms with E-state index >= 15 is 0 Å². The third kappa shape index (κ3) is 1.17. The first-order chi connectivity index (χ1) is 5.51. The van der Waals surface area contributed by atoms with Crippen molar-refractivity contribution in [2.75, 3.05) is 0 Å². The Labute approximate surface area is 73.4 Å². The topological polar surface area (TPSA) is 29.1 Å². The summed E-state index contributed by atoms with van der Waals surface area (Å²) in [6.07, 6.45) is 3.96. The van der Waals surface area contributed by atoms with E-state index in [1.54, 1.807) is 0 Å². The van der Waals surface area contributed by atoms with E-state index in [4.69, 9.17) is 0 Å². The summed E-state index contributed by atoms with van der Waals surface area (Å²) in [4.78, 5) is 10.3. The standard InChI is InChI=1S/C10H14NO/c1-7-5-10(4,11-6-12)9(3)8(7)2/h6H,1-4H3,(H,11,12). The van der Waals surface area contributed by atoms with E-state index in [0.717, 1.165) is 12.0 Å². The highest BCUT2D eigenvalue weighted by molar-refractivity contribution is 5.55. The molecule has 1 aliphatic rings. The summed E-state index contributed by atoms with van der Waals surface area (Å²) in [5.41, 5.74) is 3.15. The fourth-order valence-corrected chi connectivity index (χ4v) is 1.48. The molecule has 1 unspecified atom stereocenters. The summed E-state index contributed by atoms with van der Waals surface area (Å²) in [5.74, 6) is 0. The van der Waals surface area contributed by atoms with E-state index in [9.17, 15) is 4.79 Å². The highest BCUT2D eigenvalue weighted by atomic mass is 16.1. The van der Waals surface area contributed by atoms with Crippen LogP contribution in [0.4, 0.5) is 0 Å². The molecule has 0 fully saturated rings. The molecule has 0 aromatic heterocycles. The van der Waals surface area contributed by atoms with Crippen molar-refractivity contribution < 1.29 is 4.79 Å². The lowest BCUT2D eigenvalue weighted by Crippen LogP contribution is -2.39. The number of carbonyl (C=O) groups excluding carboxylic acids is 1. The van der Waals surface area contributed by atoms with E-state index in [-0.39, 0.29) is 5.54 Å². The van der Waals surface area contributed by atoms with Gasteiger partial charge < -0.3 is 5.32 Å². The molecular formula is C10H14NO. The molecule has 0 heterocycles. The van der Waals surface area contributed by atoms with Gasteiger partial charge in [0, 0.05) is 0 Å². The predicted octanol–water partition coefficient (Wildman–Crippen LogP) is 1.59. The Bertz CT molecular complexity index is 276. The van der Waals surface area contributed by atoms with Gasteiger partial charge in [-0.15, -0.1) is 0 Å². The minimum absolute atomic E-state index is 0.379. The van der Waals surface area contributed by atoms with Crippen LogP contribution in [-0.4, -0.2) is 11.9 Å². The monoisotopic (exact) mass is 164 g/mol. The second-order valence-corrected chi connectivity index (χ2v) is 3.39. The molecule has 2 heteroatoms. The van der Waals surface area contributed by atoms with Gasteiger partial charge in [0.05, 0.1) is 5.54 Å². The number of hydrogen-bond donors (Lipinski definition) is 1. The zero-order chi connectivity index (χ0) is 9.35. The van der Waals surface area contributed by atoms with Crippen LogP contribution in [0.2, 0.25) is 0 Å². The van der Waals surface area contributed by atoms with Crippen LogP contribution in [0, 0.1) is 6.08 Å². The minimum atomic E-state index is -0.379. The van der Waals surface area contributed by atoms with Gasteiger partial charge in [0.25, 0.3) is 0 Å². The van der Waals surface area contributed by atoms with Gasteiger partial charge in [-0.3, -0.25) is 4.79 Å². The molecule has 65 valence electrons. The number of hydrogen-bond acceptors (Lipinski definition) is 1. The molecule has 1 N–H and O–H groups in total.